The molecule has 1 atom stereocenters. The molecule has 0 bridgehead atoms. The van der Waals surface area contributed by atoms with Crippen LogP contribution in [0.3, 0.4) is 0 Å². The molecule has 4 heteroatoms. The minimum Gasteiger partial charge on any atom is -0.330 e. The molecular formula is C14H18N4. The van der Waals surface area contributed by atoms with Crippen LogP contribution in [0.15, 0.2) is 36.7 Å². The van der Waals surface area contributed by atoms with E-state index in [0.717, 1.165) is 17.2 Å². The van der Waals surface area contributed by atoms with Crippen LogP contribution in [0.5, 0.6) is 0 Å². The molecule has 2 aromatic heterocycles. The second kappa shape index (κ2) is 5.69. The Morgan fingerprint density at radius 3 is 2.50 bits per heavy atom. The summed E-state index contributed by atoms with van der Waals surface area (Å²) < 4.78 is 0. The van der Waals surface area contributed by atoms with Crippen LogP contribution in [0.4, 0.5) is 0 Å². The number of pyridine rings is 1. The van der Waals surface area contributed by atoms with Gasteiger partial charge in [-0.05, 0) is 24.1 Å². The van der Waals surface area contributed by atoms with Gasteiger partial charge in [-0.2, -0.15) is 0 Å². The maximum atomic E-state index is 5.80. The van der Waals surface area contributed by atoms with E-state index in [-0.39, 0.29) is 5.92 Å². The van der Waals surface area contributed by atoms with Gasteiger partial charge in [0.25, 0.3) is 0 Å². The van der Waals surface area contributed by atoms with Crippen LogP contribution < -0.4 is 5.73 Å². The predicted octanol–water partition coefficient (Wildman–Crippen LogP) is 2.24. The zero-order valence-corrected chi connectivity index (χ0v) is 10.7. The lowest BCUT2D eigenvalue weighted by Gasteiger charge is -2.17. The molecule has 0 fully saturated rings. The number of nitrogens with zero attached hydrogens (tertiary/aromatic N) is 3. The molecule has 0 aliphatic rings. The standard InChI is InChI=1S/C14H18N4/c1-10(2)11(9-15)14-17-8-6-13(18-14)12-5-3-4-7-16-12/h3-8,10-11H,9,15H2,1-2H3. The number of nitrogens with two attached hydrogens (primary N) is 1. The van der Waals surface area contributed by atoms with Crippen LogP contribution in [-0.2, 0) is 0 Å². The number of hydrogen-bond acceptors (Lipinski definition) is 4. The van der Waals surface area contributed by atoms with Crippen molar-refractivity contribution in [3.8, 4) is 11.4 Å². The monoisotopic (exact) mass is 242 g/mol. The van der Waals surface area contributed by atoms with Gasteiger partial charge in [-0.3, -0.25) is 4.98 Å². The van der Waals surface area contributed by atoms with Gasteiger partial charge in [0, 0.05) is 24.9 Å². The molecular weight excluding hydrogens is 224 g/mol. The maximum Gasteiger partial charge on any atom is 0.133 e. The van der Waals surface area contributed by atoms with E-state index in [4.69, 9.17) is 5.73 Å². The van der Waals surface area contributed by atoms with E-state index in [0.29, 0.717) is 12.5 Å². The van der Waals surface area contributed by atoms with Gasteiger partial charge in [0.1, 0.15) is 5.82 Å². The van der Waals surface area contributed by atoms with E-state index in [1.54, 1.807) is 12.4 Å². The van der Waals surface area contributed by atoms with Crippen molar-refractivity contribution in [1.82, 2.24) is 15.0 Å². The molecule has 4 nitrogen and oxygen atoms in total. The molecule has 2 N–H and O–H groups in total. The third-order valence-electron chi connectivity index (χ3n) is 2.99. The van der Waals surface area contributed by atoms with Crippen LogP contribution >= 0.6 is 0 Å². The maximum absolute atomic E-state index is 5.80. The quantitative estimate of drug-likeness (QED) is 0.893. The molecule has 2 aromatic rings. The molecule has 0 saturated heterocycles. The second-order valence-electron chi connectivity index (χ2n) is 4.60. The van der Waals surface area contributed by atoms with Gasteiger partial charge < -0.3 is 5.73 Å². The highest BCUT2D eigenvalue weighted by Gasteiger charge is 2.17. The van der Waals surface area contributed by atoms with Crippen molar-refractivity contribution in [2.75, 3.05) is 6.54 Å². The van der Waals surface area contributed by atoms with Crippen molar-refractivity contribution >= 4 is 0 Å². The van der Waals surface area contributed by atoms with Crippen molar-refractivity contribution in [3.05, 3.63) is 42.5 Å². The fraction of sp³-hybridized carbons (Fsp3) is 0.357. The summed E-state index contributed by atoms with van der Waals surface area (Å²) >= 11 is 0. The van der Waals surface area contributed by atoms with E-state index in [1.807, 2.05) is 24.3 Å². The summed E-state index contributed by atoms with van der Waals surface area (Å²) in [7, 11) is 0. The highest BCUT2D eigenvalue weighted by Crippen LogP contribution is 2.22. The molecule has 0 radical (unpaired) electrons. The van der Waals surface area contributed by atoms with Gasteiger partial charge in [-0.25, -0.2) is 9.97 Å². The van der Waals surface area contributed by atoms with Crippen molar-refractivity contribution in [3.63, 3.8) is 0 Å². The highest BCUT2D eigenvalue weighted by atomic mass is 14.9. The first-order valence-corrected chi connectivity index (χ1v) is 6.16. The van der Waals surface area contributed by atoms with Gasteiger partial charge in [-0.15, -0.1) is 0 Å². The Bertz CT molecular complexity index is 496. The van der Waals surface area contributed by atoms with Crippen LogP contribution in [-0.4, -0.2) is 21.5 Å². The van der Waals surface area contributed by atoms with E-state index in [2.05, 4.69) is 28.8 Å². The molecule has 94 valence electrons. The van der Waals surface area contributed by atoms with Crippen LogP contribution in [0.2, 0.25) is 0 Å². The van der Waals surface area contributed by atoms with Gasteiger partial charge >= 0.3 is 0 Å². The minimum atomic E-state index is 0.189. The lowest BCUT2D eigenvalue weighted by Crippen LogP contribution is -2.20. The Morgan fingerprint density at radius 2 is 1.89 bits per heavy atom. The van der Waals surface area contributed by atoms with Crippen LogP contribution in [0, 0.1) is 5.92 Å². The Kier molecular flexibility index (Phi) is 3.99. The van der Waals surface area contributed by atoms with E-state index >= 15 is 0 Å². The third kappa shape index (κ3) is 2.71. The first-order chi connectivity index (χ1) is 8.72. The number of aromatic nitrogens is 3. The lowest BCUT2D eigenvalue weighted by atomic mass is 9.95. The van der Waals surface area contributed by atoms with E-state index in [1.165, 1.54) is 0 Å². The zero-order chi connectivity index (χ0) is 13.0. The molecule has 18 heavy (non-hydrogen) atoms. The van der Waals surface area contributed by atoms with Crippen LogP contribution in [0.1, 0.15) is 25.6 Å². The minimum absolute atomic E-state index is 0.189. The van der Waals surface area contributed by atoms with Gasteiger partial charge in [-0.1, -0.05) is 19.9 Å². The number of hydrogen-bond donors (Lipinski definition) is 1. The summed E-state index contributed by atoms with van der Waals surface area (Å²) in [5.41, 5.74) is 7.51. The second-order valence-corrected chi connectivity index (χ2v) is 4.60. The van der Waals surface area contributed by atoms with Gasteiger partial charge in [0.2, 0.25) is 0 Å². The van der Waals surface area contributed by atoms with E-state index in [9.17, 15) is 0 Å². The lowest BCUT2D eigenvalue weighted by molar-refractivity contribution is 0.483. The van der Waals surface area contributed by atoms with Crippen molar-refractivity contribution in [1.29, 1.82) is 0 Å². The normalized spacial score (nSPS) is 12.7. The van der Waals surface area contributed by atoms with Crippen molar-refractivity contribution in [2.45, 2.75) is 19.8 Å². The largest absolute Gasteiger partial charge is 0.330 e. The Hall–Kier alpha value is -1.81. The molecule has 0 aromatic carbocycles. The van der Waals surface area contributed by atoms with Gasteiger partial charge in [0.05, 0.1) is 11.4 Å². The average molecular weight is 242 g/mol. The Balaban J connectivity index is 2.36. The Morgan fingerprint density at radius 1 is 1.06 bits per heavy atom. The SMILES string of the molecule is CC(C)C(CN)c1nccc(-c2ccccn2)n1. The molecule has 0 aliphatic heterocycles. The summed E-state index contributed by atoms with van der Waals surface area (Å²) in [6.45, 7) is 4.83. The zero-order valence-electron chi connectivity index (χ0n) is 10.7. The van der Waals surface area contributed by atoms with Gasteiger partial charge in [0.15, 0.2) is 0 Å². The smallest absolute Gasteiger partial charge is 0.133 e. The fourth-order valence-corrected chi connectivity index (χ4v) is 1.89. The molecule has 0 amide bonds. The van der Waals surface area contributed by atoms with Crippen LogP contribution in [0.25, 0.3) is 11.4 Å². The summed E-state index contributed by atoms with van der Waals surface area (Å²) in [6, 6.07) is 7.66. The molecule has 2 heterocycles. The first-order valence-electron chi connectivity index (χ1n) is 6.16. The topological polar surface area (TPSA) is 64.7 Å². The third-order valence-corrected chi connectivity index (χ3v) is 2.99. The summed E-state index contributed by atoms with van der Waals surface area (Å²) in [6.07, 6.45) is 3.54. The fourth-order valence-electron chi connectivity index (χ4n) is 1.89. The summed E-state index contributed by atoms with van der Waals surface area (Å²) in [4.78, 5) is 13.2. The first kappa shape index (κ1) is 12.6. The summed E-state index contributed by atoms with van der Waals surface area (Å²) in [5, 5.41) is 0. The Labute approximate surface area is 107 Å². The van der Waals surface area contributed by atoms with Crippen molar-refractivity contribution < 1.29 is 0 Å². The molecule has 1 unspecified atom stereocenters. The van der Waals surface area contributed by atoms with Crippen molar-refractivity contribution in [2.24, 2.45) is 11.7 Å². The predicted molar refractivity (Wildman–Crippen MR) is 71.9 cm³/mol. The van der Waals surface area contributed by atoms with E-state index < -0.39 is 0 Å². The molecule has 0 spiro atoms. The molecule has 2 rings (SSSR count). The summed E-state index contributed by atoms with van der Waals surface area (Å²) in [5.74, 6) is 1.42. The number of rotatable bonds is 4. The highest BCUT2D eigenvalue weighted by molar-refractivity contribution is 5.52. The molecule has 0 aliphatic carbocycles. The average Bonchev–Trinajstić information content (AvgIpc) is 2.40. The molecule has 0 saturated carbocycles.